The molecule has 0 aliphatic rings. The number of anilines is 1. The molecule has 0 aliphatic heterocycles. The third kappa shape index (κ3) is 3.45. The molecule has 0 radical (unpaired) electrons. The molecule has 4 nitrogen and oxygen atoms in total. The molecule has 0 aliphatic carbocycles. The molecular weight excluding hydrogens is 339 g/mol. The fourth-order valence-corrected chi connectivity index (χ4v) is 4.78. The Balaban J connectivity index is 2.26. The van der Waals surface area contributed by atoms with Crippen LogP contribution in [0.3, 0.4) is 0 Å². The first-order chi connectivity index (χ1) is 9.29. The van der Waals surface area contributed by atoms with E-state index in [2.05, 4.69) is 4.72 Å². The molecule has 0 spiro atoms. The predicted octanol–water partition coefficient (Wildman–Crippen LogP) is 3.88. The fraction of sp³-hybridized carbons (Fsp3) is 0.167. The van der Waals surface area contributed by atoms with Crippen LogP contribution in [0.25, 0.3) is 0 Å². The van der Waals surface area contributed by atoms with Gasteiger partial charge in [-0.25, -0.2) is 8.42 Å². The molecule has 8 heteroatoms. The molecule has 0 amide bonds. The summed E-state index contributed by atoms with van der Waals surface area (Å²) in [7, 11) is -3.74. The predicted molar refractivity (Wildman–Crippen MR) is 84.2 cm³/mol. The normalized spacial score (nSPS) is 13.2. The van der Waals surface area contributed by atoms with Crippen molar-refractivity contribution in [1.82, 2.24) is 0 Å². The first-order valence-electron chi connectivity index (χ1n) is 5.63. The maximum atomic E-state index is 12.2. The summed E-state index contributed by atoms with van der Waals surface area (Å²) >= 11 is 12.6. The van der Waals surface area contributed by atoms with Crippen molar-refractivity contribution in [2.45, 2.75) is 17.9 Å². The average Bonchev–Trinajstić information content (AvgIpc) is 2.69. The molecular formula is C12H12Cl2N2O2S2. The summed E-state index contributed by atoms with van der Waals surface area (Å²) < 4.78 is 27.3. The Hall–Kier alpha value is -0.790. The number of hydrogen-bond donors (Lipinski definition) is 2. The van der Waals surface area contributed by atoms with E-state index in [1.54, 1.807) is 24.3 Å². The minimum absolute atomic E-state index is 0.0227. The second kappa shape index (κ2) is 5.91. The van der Waals surface area contributed by atoms with E-state index in [-0.39, 0.29) is 15.3 Å². The topological polar surface area (TPSA) is 72.2 Å². The number of thiophene rings is 1. The summed E-state index contributed by atoms with van der Waals surface area (Å²) in [5, 5.41) is 0. The Morgan fingerprint density at radius 3 is 2.30 bits per heavy atom. The maximum absolute atomic E-state index is 12.2. The van der Waals surface area contributed by atoms with Gasteiger partial charge in [-0.15, -0.1) is 11.3 Å². The monoisotopic (exact) mass is 350 g/mol. The summed E-state index contributed by atoms with van der Waals surface area (Å²) in [4.78, 5) is -0.0227. The first kappa shape index (κ1) is 15.6. The quantitative estimate of drug-likeness (QED) is 0.878. The molecule has 1 aromatic heterocycles. The van der Waals surface area contributed by atoms with Gasteiger partial charge in [0.15, 0.2) is 0 Å². The zero-order chi connectivity index (χ0) is 14.9. The zero-order valence-corrected chi connectivity index (χ0v) is 13.6. The minimum atomic E-state index is -3.74. The number of nitrogens with one attached hydrogen (secondary N) is 1. The summed E-state index contributed by atoms with van der Waals surface area (Å²) in [5.74, 6) is 0. The van der Waals surface area contributed by atoms with E-state index >= 15 is 0 Å². The van der Waals surface area contributed by atoms with Crippen molar-refractivity contribution >= 4 is 50.2 Å². The molecule has 0 fully saturated rings. The fourth-order valence-electron chi connectivity index (χ4n) is 1.57. The number of rotatable bonds is 4. The van der Waals surface area contributed by atoms with Gasteiger partial charge < -0.3 is 5.73 Å². The lowest BCUT2D eigenvalue weighted by molar-refractivity contribution is 0.601. The number of benzene rings is 1. The van der Waals surface area contributed by atoms with Gasteiger partial charge in [-0.2, -0.15) is 0 Å². The second-order valence-corrected chi connectivity index (χ2v) is 8.14. The Morgan fingerprint density at radius 2 is 1.85 bits per heavy atom. The molecule has 108 valence electrons. The largest absolute Gasteiger partial charge is 0.324 e. The highest BCUT2D eigenvalue weighted by Gasteiger charge is 2.21. The van der Waals surface area contributed by atoms with Crippen LogP contribution in [0.4, 0.5) is 5.69 Å². The highest BCUT2D eigenvalue weighted by atomic mass is 35.5. The van der Waals surface area contributed by atoms with Gasteiger partial charge in [-0.1, -0.05) is 35.3 Å². The number of nitrogens with two attached hydrogens (primary N) is 1. The van der Waals surface area contributed by atoms with Crippen LogP contribution >= 0.6 is 34.5 Å². The van der Waals surface area contributed by atoms with Crippen molar-refractivity contribution in [3.8, 4) is 0 Å². The van der Waals surface area contributed by atoms with Crippen molar-refractivity contribution in [3.63, 3.8) is 0 Å². The minimum Gasteiger partial charge on any atom is -0.324 e. The van der Waals surface area contributed by atoms with E-state index in [1.807, 2.05) is 6.92 Å². The molecule has 0 bridgehead atoms. The molecule has 20 heavy (non-hydrogen) atoms. The Morgan fingerprint density at radius 1 is 1.25 bits per heavy atom. The average molecular weight is 351 g/mol. The molecule has 0 saturated carbocycles. The van der Waals surface area contributed by atoms with Gasteiger partial charge in [0.2, 0.25) is 0 Å². The summed E-state index contributed by atoms with van der Waals surface area (Å²) in [6, 6.07) is 8.06. The van der Waals surface area contributed by atoms with Crippen molar-refractivity contribution < 1.29 is 8.42 Å². The van der Waals surface area contributed by atoms with Crippen LogP contribution < -0.4 is 10.5 Å². The van der Waals surface area contributed by atoms with Crippen molar-refractivity contribution in [2.75, 3.05) is 4.72 Å². The Bertz CT molecular complexity index is 710. The van der Waals surface area contributed by atoms with Crippen molar-refractivity contribution in [2.24, 2.45) is 5.73 Å². The lowest BCUT2D eigenvalue weighted by Gasteiger charge is -2.09. The van der Waals surface area contributed by atoms with Gasteiger partial charge in [0.1, 0.15) is 9.23 Å². The van der Waals surface area contributed by atoms with Crippen LogP contribution in [0.1, 0.15) is 18.5 Å². The van der Waals surface area contributed by atoms with Gasteiger partial charge in [-0.05, 0) is 30.7 Å². The summed E-state index contributed by atoms with van der Waals surface area (Å²) in [5.41, 5.74) is 7.09. The van der Waals surface area contributed by atoms with Crippen LogP contribution in [-0.2, 0) is 10.0 Å². The Labute approximate surface area is 131 Å². The Kier molecular flexibility index (Phi) is 4.61. The lowest BCUT2D eigenvalue weighted by Crippen LogP contribution is -2.12. The molecule has 2 rings (SSSR count). The third-order valence-electron chi connectivity index (χ3n) is 2.60. The molecule has 1 atom stereocenters. The van der Waals surface area contributed by atoms with E-state index in [9.17, 15) is 8.42 Å². The lowest BCUT2D eigenvalue weighted by atomic mass is 10.1. The van der Waals surface area contributed by atoms with Crippen LogP contribution in [0.5, 0.6) is 0 Å². The standard InChI is InChI=1S/C12H12Cl2N2O2S2/c1-7(15)8-2-4-9(5-3-8)16-20(17,18)10-6-11(13)19-12(10)14/h2-7,16H,15H2,1H3. The van der Waals surface area contributed by atoms with Crippen LogP contribution in [0, 0.1) is 0 Å². The first-order valence-corrected chi connectivity index (χ1v) is 8.68. The van der Waals surface area contributed by atoms with Crippen LogP contribution in [-0.4, -0.2) is 8.42 Å². The van der Waals surface area contributed by atoms with Crippen LogP contribution in [0.15, 0.2) is 35.2 Å². The highest BCUT2D eigenvalue weighted by Crippen LogP contribution is 2.35. The summed E-state index contributed by atoms with van der Waals surface area (Å²) in [6.07, 6.45) is 0. The molecule has 3 N–H and O–H groups in total. The van der Waals surface area contributed by atoms with E-state index in [0.29, 0.717) is 10.0 Å². The maximum Gasteiger partial charge on any atom is 0.264 e. The van der Waals surface area contributed by atoms with Crippen molar-refractivity contribution in [1.29, 1.82) is 0 Å². The molecule has 1 heterocycles. The van der Waals surface area contributed by atoms with Crippen LogP contribution in [0.2, 0.25) is 8.67 Å². The van der Waals surface area contributed by atoms with Gasteiger partial charge in [0, 0.05) is 11.7 Å². The van der Waals surface area contributed by atoms with Gasteiger partial charge in [0.05, 0.1) is 4.34 Å². The zero-order valence-electron chi connectivity index (χ0n) is 10.4. The third-order valence-corrected chi connectivity index (χ3v) is 5.74. The summed E-state index contributed by atoms with van der Waals surface area (Å²) in [6.45, 7) is 1.85. The van der Waals surface area contributed by atoms with Gasteiger partial charge in [-0.3, -0.25) is 4.72 Å². The number of halogens is 2. The van der Waals surface area contributed by atoms with Gasteiger partial charge >= 0.3 is 0 Å². The van der Waals surface area contributed by atoms with E-state index in [0.717, 1.165) is 16.9 Å². The smallest absolute Gasteiger partial charge is 0.264 e. The molecule has 0 saturated heterocycles. The van der Waals surface area contributed by atoms with E-state index in [1.165, 1.54) is 6.07 Å². The van der Waals surface area contributed by atoms with Gasteiger partial charge in [0.25, 0.3) is 10.0 Å². The van der Waals surface area contributed by atoms with E-state index in [4.69, 9.17) is 28.9 Å². The van der Waals surface area contributed by atoms with E-state index < -0.39 is 10.0 Å². The number of hydrogen-bond acceptors (Lipinski definition) is 4. The molecule has 2 aromatic rings. The highest BCUT2D eigenvalue weighted by molar-refractivity contribution is 7.93. The SMILES string of the molecule is CC(N)c1ccc(NS(=O)(=O)c2cc(Cl)sc2Cl)cc1. The number of sulfonamides is 1. The molecule has 1 aromatic carbocycles. The molecule has 1 unspecified atom stereocenters. The second-order valence-electron chi connectivity index (χ2n) is 4.20. The van der Waals surface area contributed by atoms with Crippen molar-refractivity contribution in [3.05, 3.63) is 44.6 Å².